The van der Waals surface area contributed by atoms with Crippen molar-refractivity contribution in [2.24, 2.45) is 22.7 Å². The van der Waals surface area contributed by atoms with Gasteiger partial charge in [-0.05, 0) is 94.1 Å². The highest BCUT2D eigenvalue weighted by Gasteiger charge is 2.38. The number of hydrogen-bond donors (Lipinski definition) is 3. The van der Waals surface area contributed by atoms with Crippen molar-refractivity contribution in [1.29, 1.82) is 0 Å². The molecule has 0 amide bonds. The minimum absolute atomic E-state index is 0.00215. The molecule has 6 rings (SSSR count). The van der Waals surface area contributed by atoms with Crippen LogP contribution in [-0.4, -0.2) is 33.4 Å². The first-order valence-corrected chi connectivity index (χ1v) is 14.6. The fraction of sp³-hybridized carbons (Fsp3) is 0.333. The minimum atomic E-state index is -0.0173. The zero-order chi connectivity index (χ0) is 27.1. The van der Waals surface area contributed by atoms with E-state index in [1.807, 2.05) is 24.4 Å². The number of ketones is 1. The maximum absolute atomic E-state index is 13.0. The number of phenolic OH excluding ortho intramolecular Hbond substituents is 3. The number of fused-ring (bicyclic) bond motifs is 1. The lowest BCUT2D eigenvalue weighted by atomic mass is 9.84. The van der Waals surface area contributed by atoms with Gasteiger partial charge in [0.25, 0.3) is 0 Å². The number of carbonyl (C=O) groups is 1. The van der Waals surface area contributed by atoms with Crippen LogP contribution in [0, 0.1) is 17.8 Å². The standard InChI is InChI=1S/C33H32BrNO4/c34-29-18-35-33-27(14-23(15-28(29)33)25-6-1-2-7-30(25)37)26-13-22(26)12-19-4-3-5-20(9-8-19)31(38)16-21-10-11-24(36)17-32(21)39/h1-2,6-7,10-11,13-15,17-20,22,33,36-37,39H,3-5,8-9,12,16H2. The summed E-state index contributed by atoms with van der Waals surface area (Å²) >= 11 is 3.67. The van der Waals surface area contributed by atoms with Crippen molar-refractivity contribution in [3.05, 3.63) is 93.0 Å². The minimum Gasteiger partial charge on any atom is -0.508 e. The van der Waals surface area contributed by atoms with E-state index in [0.717, 1.165) is 59.7 Å². The number of carbonyl (C=O) groups excluding carboxylic acids is 1. The van der Waals surface area contributed by atoms with Gasteiger partial charge in [0.2, 0.25) is 0 Å². The van der Waals surface area contributed by atoms with Crippen LogP contribution in [0.4, 0.5) is 0 Å². The first-order valence-electron chi connectivity index (χ1n) is 13.8. The molecule has 4 unspecified atom stereocenters. The van der Waals surface area contributed by atoms with Gasteiger partial charge in [-0.3, -0.25) is 9.79 Å². The van der Waals surface area contributed by atoms with Gasteiger partial charge >= 0.3 is 0 Å². The molecule has 4 atom stereocenters. The summed E-state index contributed by atoms with van der Waals surface area (Å²) in [5.74, 6) is 1.48. The Labute approximate surface area is 237 Å². The maximum atomic E-state index is 13.0. The Morgan fingerprint density at radius 1 is 0.949 bits per heavy atom. The number of Topliss-reactive ketones (excluding diaryl/α,β-unsaturated/α-hetero) is 1. The van der Waals surface area contributed by atoms with Crippen LogP contribution in [0.1, 0.15) is 49.7 Å². The van der Waals surface area contributed by atoms with Gasteiger partial charge in [0.15, 0.2) is 0 Å². The summed E-state index contributed by atoms with van der Waals surface area (Å²) in [7, 11) is 0. The molecule has 2 aromatic carbocycles. The summed E-state index contributed by atoms with van der Waals surface area (Å²) in [6, 6.07) is 11.9. The number of phenols is 3. The highest BCUT2D eigenvalue weighted by Crippen LogP contribution is 2.49. The largest absolute Gasteiger partial charge is 0.508 e. The third-order valence-electron chi connectivity index (χ3n) is 8.61. The smallest absolute Gasteiger partial charge is 0.140 e. The van der Waals surface area contributed by atoms with E-state index in [9.17, 15) is 20.1 Å². The van der Waals surface area contributed by atoms with Crippen LogP contribution in [-0.2, 0) is 11.2 Å². The molecule has 1 fully saturated rings. The summed E-state index contributed by atoms with van der Waals surface area (Å²) in [5.41, 5.74) is 6.12. The van der Waals surface area contributed by atoms with E-state index in [-0.39, 0.29) is 41.4 Å². The van der Waals surface area contributed by atoms with Crippen LogP contribution in [0.5, 0.6) is 17.2 Å². The van der Waals surface area contributed by atoms with Gasteiger partial charge in [-0.1, -0.05) is 43.2 Å². The molecule has 1 saturated carbocycles. The average molecular weight is 587 g/mol. The fourth-order valence-corrected chi connectivity index (χ4v) is 6.84. The summed E-state index contributed by atoms with van der Waals surface area (Å²) in [5, 5.41) is 30.1. The van der Waals surface area contributed by atoms with E-state index in [2.05, 4.69) is 34.2 Å². The van der Waals surface area contributed by atoms with E-state index >= 15 is 0 Å². The molecule has 1 aliphatic heterocycles. The highest BCUT2D eigenvalue weighted by molar-refractivity contribution is 9.12. The van der Waals surface area contributed by atoms with Crippen LogP contribution >= 0.6 is 15.9 Å². The van der Waals surface area contributed by atoms with E-state index in [1.165, 1.54) is 23.3 Å². The Kier molecular flexibility index (Phi) is 7.06. The lowest BCUT2D eigenvalue weighted by molar-refractivity contribution is -0.122. The summed E-state index contributed by atoms with van der Waals surface area (Å²) in [6.45, 7) is 0. The Balaban J connectivity index is 1.09. The van der Waals surface area contributed by atoms with E-state index in [4.69, 9.17) is 4.99 Å². The molecule has 4 aliphatic rings. The fourth-order valence-electron chi connectivity index (χ4n) is 6.39. The molecule has 0 bridgehead atoms. The SMILES string of the molecule is O=C(Cc1ccc(O)cc1O)C1CCCC(CC2C=C2C2=CC(c3ccccc3O)=CC3=C(Br)C=NC23)CC1. The van der Waals surface area contributed by atoms with Gasteiger partial charge in [0.1, 0.15) is 29.1 Å². The zero-order valence-corrected chi connectivity index (χ0v) is 23.3. The summed E-state index contributed by atoms with van der Waals surface area (Å²) in [4.78, 5) is 17.8. The number of para-hydroxylation sites is 1. The van der Waals surface area contributed by atoms with Crippen LogP contribution in [0.25, 0.3) is 5.57 Å². The molecule has 200 valence electrons. The number of rotatable bonds is 7. The predicted molar refractivity (Wildman–Crippen MR) is 157 cm³/mol. The predicted octanol–water partition coefficient (Wildman–Crippen LogP) is 7.18. The molecule has 1 heterocycles. The van der Waals surface area contributed by atoms with Crippen molar-refractivity contribution >= 4 is 33.5 Å². The summed E-state index contributed by atoms with van der Waals surface area (Å²) < 4.78 is 0.990. The molecule has 3 N–H and O–H groups in total. The van der Waals surface area contributed by atoms with Crippen molar-refractivity contribution in [3.63, 3.8) is 0 Å². The number of hydrogen-bond acceptors (Lipinski definition) is 5. The third kappa shape index (κ3) is 5.40. The quantitative estimate of drug-likeness (QED) is 0.300. The summed E-state index contributed by atoms with van der Waals surface area (Å²) in [6.07, 6.45) is 14.9. The Morgan fingerprint density at radius 3 is 2.62 bits per heavy atom. The second-order valence-electron chi connectivity index (χ2n) is 11.2. The maximum Gasteiger partial charge on any atom is 0.140 e. The topological polar surface area (TPSA) is 90.1 Å². The van der Waals surface area contributed by atoms with Crippen LogP contribution < -0.4 is 0 Å². The van der Waals surface area contributed by atoms with Gasteiger partial charge in [-0.2, -0.15) is 0 Å². The van der Waals surface area contributed by atoms with Gasteiger partial charge < -0.3 is 15.3 Å². The van der Waals surface area contributed by atoms with Gasteiger partial charge in [0, 0.05) is 46.1 Å². The van der Waals surface area contributed by atoms with Crippen molar-refractivity contribution in [2.75, 3.05) is 0 Å². The zero-order valence-electron chi connectivity index (χ0n) is 21.7. The number of allylic oxidation sites excluding steroid dienone is 4. The Bertz CT molecular complexity index is 1480. The molecule has 5 nitrogen and oxygen atoms in total. The average Bonchev–Trinajstić information content (AvgIpc) is 3.64. The van der Waals surface area contributed by atoms with Crippen LogP contribution in [0.2, 0.25) is 0 Å². The number of aliphatic imine (C=N–C) groups is 1. The number of halogens is 1. The molecular weight excluding hydrogens is 554 g/mol. The van der Waals surface area contributed by atoms with Crippen molar-refractivity contribution < 1.29 is 20.1 Å². The highest BCUT2D eigenvalue weighted by atomic mass is 79.9. The van der Waals surface area contributed by atoms with Gasteiger partial charge in [-0.25, -0.2) is 0 Å². The molecule has 2 aromatic rings. The molecule has 39 heavy (non-hydrogen) atoms. The van der Waals surface area contributed by atoms with Gasteiger partial charge in [-0.15, -0.1) is 0 Å². The monoisotopic (exact) mass is 585 g/mol. The first-order chi connectivity index (χ1) is 18.9. The Hall–Kier alpha value is -3.38. The lowest BCUT2D eigenvalue weighted by Gasteiger charge is -2.22. The van der Waals surface area contributed by atoms with E-state index in [1.54, 1.807) is 12.1 Å². The molecule has 3 aliphatic carbocycles. The van der Waals surface area contributed by atoms with Crippen LogP contribution in [0.15, 0.2) is 86.9 Å². The van der Waals surface area contributed by atoms with E-state index < -0.39 is 0 Å². The van der Waals surface area contributed by atoms with Crippen LogP contribution in [0.3, 0.4) is 0 Å². The second kappa shape index (κ2) is 10.6. The third-order valence-corrected chi connectivity index (χ3v) is 9.27. The number of aromatic hydroxyl groups is 3. The van der Waals surface area contributed by atoms with E-state index in [0.29, 0.717) is 17.4 Å². The lowest BCUT2D eigenvalue weighted by Crippen LogP contribution is -2.16. The van der Waals surface area contributed by atoms with Crippen molar-refractivity contribution in [1.82, 2.24) is 0 Å². The molecule has 0 radical (unpaired) electrons. The molecule has 6 heteroatoms. The van der Waals surface area contributed by atoms with Crippen molar-refractivity contribution in [3.8, 4) is 17.2 Å². The molecular formula is C33H32BrNO4. The number of benzene rings is 2. The Morgan fingerprint density at radius 2 is 1.79 bits per heavy atom. The van der Waals surface area contributed by atoms with Crippen molar-refractivity contribution in [2.45, 2.75) is 51.0 Å². The normalized spacial score (nSPS) is 25.9. The molecule has 0 aromatic heterocycles. The first kappa shape index (κ1) is 25.9. The second-order valence-corrected chi connectivity index (χ2v) is 12.0. The van der Waals surface area contributed by atoms with Gasteiger partial charge in [0.05, 0.1) is 0 Å². The molecule has 0 spiro atoms. The molecule has 0 saturated heterocycles. The number of nitrogens with zero attached hydrogens (tertiary/aromatic N) is 1.